The fourth-order valence-electron chi connectivity index (χ4n) is 1.97. The molecule has 2 aromatic rings. The second kappa shape index (κ2) is 8.16. The van der Waals surface area contributed by atoms with Gasteiger partial charge in [0, 0.05) is 28.6 Å². The van der Waals surface area contributed by atoms with Gasteiger partial charge in [-0.2, -0.15) is 0 Å². The summed E-state index contributed by atoms with van der Waals surface area (Å²) in [5.41, 5.74) is 1.95. The van der Waals surface area contributed by atoms with E-state index in [9.17, 15) is 4.79 Å². The SMILES string of the molecule is CC(C)(C)C(=O)CC(=[C]c1ccccc1)SCc1ccccc1. The van der Waals surface area contributed by atoms with E-state index in [1.807, 2.05) is 69.3 Å². The molecule has 0 heterocycles. The third kappa shape index (κ3) is 6.07. The van der Waals surface area contributed by atoms with Gasteiger partial charge in [0.15, 0.2) is 0 Å². The van der Waals surface area contributed by atoms with Gasteiger partial charge in [0.25, 0.3) is 0 Å². The summed E-state index contributed by atoms with van der Waals surface area (Å²) in [5.74, 6) is 1.10. The lowest BCUT2D eigenvalue weighted by Crippen LogP contribution is -2.20. The van der Waals surface area contributed by atoms with Gasteiger partial charge in [0.1, 0.15) is 5.78 Å². The average Bonchev–Trinajstić information content (AvgIpc) is 2.53. The zero-order valence-corrected chi connectivity index (χ0v) is 14.8. The number of hydrogen-bond donors (Lipinski definition) is 0. The third-order valence-electron chi connectivity index (χ3n) is 3.47. The number of hydrogen-bond acceptors (Lipinski definition) is 2. The predicted octanol–water partition coefficient (Wildman–Crippen LogP) is 5.66. The minimum absolute atomic E-state index is 0.247. The highest BCUT2D eigenvalue weighted by Crippen LogP contribution is 2.29. The Balaban J connectivity index is 2.14. The molecule has 2 heteroatoms. The van der Waals surface area contributed by atoms with Crippen molar-refractivity contribution in [2.75, 3.05) is 0 Å². The van der Waals surface area contributed by atoms with Crippen LogP contribution in [0.1, 0.15) is 38.3 Å². The fraction of sp³-hybridized carbons (Fsp3) is 0.286. The number of allylic oxidation sites excluding steroid dienone is 1. The fourth-order valence-corrected chi connectivity index (χ4v) is 2.93. The number of Topliss-reactive ketones (excluding diaryl/α,β-unsaturated/α-hetero) is 1. The first-order valence-electron chi connectivity index (χ1n) is 7.83. The van der Waals surface area contributed by atoms with Gasteiger partial charge < -0.3 is 0 Å². The summed E-state index contributed by atoms with van der Waals surface area (Å²) in [6.45, 7) is 5.91. The Kier molecular flexibility index (Phi) is 6.23. The number of thioether (sulfide) groups is 1. The topological polar surface area (TPSA) is 17.1 Å². The Morgan fingerprint density at radius 2 is 1.52 bits per heavy atom. The minimum atomic E-state index is -0.322. The lowest BCUT2D eigenvalue weighted by Gasteiger charge is -2.17. The number of carbonyl (C=O) groups excluding carboxylic acids is 1. The summed E-state index contributed by atoms with van der Waals surface area (Å²) in [4.78, 5) is 13.4. The standard InChI is InChI=1S/C21H23OS/c1-21(2,3)20(22)15-19(14-17-10-6-4-7-11-17)23-16-18-12-8-5-9-13-18/h4-13H,15-16H2,1-3H3. The molecule has 0 amide bonds. The first kappa shape index (κ1) is 17.6. The molecule has 1 radical (unpaired) electrons. The molecule has 0 saturated heterocycles. The van der Waals surface area contributed by atoms with E-state index in [1.165, 1.54) is 5.56 Å². The molecule has 0 unspecified atom stereocenters. The number of rotatable bonds is 6. The molecule has 23 heavy (non-hydrogen) atoms. The number of carbonyl (C=O) groups is 1. The molecule has 0 spiro atoms. The van der Waals surface area contributed by atoms with Gasteiger partial charge >= 0.3 is 0 Å². The van der Waals surface area contributed by atoms with Crippen molar-refractivity contribution in [3.8, 4) is 0 Å². The highest BCUT2D eigenvalue weighted by molar-refractivity contribution is 8.02. The van der Waals surface area contributed by atoms with Gasteiger partial charge in [-0.15, -0.1) is 11.8 Å². The van der Waals surface area contributed by atoms with Crippen LogP contribution < -0.4 is 0 Å². The third-order valence-corrected chi connectivity index (χ3v) is 4.54. The molecule has 0 saturated carbocycles. The highest BCUT2D eigenvalue weighted by Gasteiger charge is 2.22. The second-order valence-corrected chi connectivity index (χ2v) is 7.61. The van der Waals surface area contributed by atoms with E-state index >= 15 is 0 Å². The van der Waals surface area contributed by atoms with Crippen LogP contribution in [0.2, 0.25) is 0 Å². The maximum absolute atomic E-state index is 12.4. The van der Waals surface area contributed by atoms with Gasteiger partial charge in [-0.3, -0.25) is 4.79 Å². The van der Waals surface area contributed by atoms with Gasteiger partial charge in [-0.25, -0.2) is 0 Å². The molecule has 0 aliphatic heterocycles. The molecule has 2 rings (SSSR count). The predicted molar refractivity (Wildman–Crippen MR) is 99.1 cm³/mol. The normalized spacial score (nSPS) is 12.2. The summed E-state index contributed by atoms with van der Waals surface area (Å²) in [5, 5.41) is 0. The van der Waals surface area contributed by atoms with Crippen LogP contribution in [-0.4, -0.2) is 5.78 Å². The van der Waals surface area contributed by atoms with Crippen molar-refractivity contribution in [3.05, 3.63) is 82.8 Å². The van der Waals surface area contributed by atoms with E-state index in [-0.39, 0.29) is 11.2 Å². The van der Waals surface area contributed by atoms with Crippen LogP contribution in [0, 0.1) is 11.5 Å². The second-order valence-electron chi connectivity index (χ2n) is 6.54. The minimum Gasteiger partial charge on any atom is -0.299 e. The molecule has 0 atom stereocenters. The summed E-state index contributed by atoms with van der Waals surface area (Å²) < 4.78 is 0. The van der Waals surface area contributed by atoms with E-state index < -0.39 is 0 Å². The maximum atomic E-state index is 12.4. The Morgan fingerprint density at radius 3 is 2.09 bits per heavy atom. The molecule has 0 fully saturated rings. The monoisotopic (exact) mass is 323 g/mol. The number of benzene rings is 2. The van der Waals surface area contributed by atoms with Crippen molar-refractivity contribution >= 4 is 17.5 Å². The maximum Gasteiger partial charge on any atom is 0.143 e. The van der Waals surface area contributed by atoms with Gasteiger partial charge in [0.2, 0.25) is 0 Å². The average molecular weight is 323 g/mol. The van der Waals surface area contributed by atoms with Crippen molar-refractivity contribution in [1.82, 2.24) is 0 Å². The van der Waals surface area contributed by atoms with Crippen molar-refractivity contribution < 1.29 is 4.79 Å². The van der Waals surface area contributed by atoms with Crippen LogP contribution in [0.5, 0.6) is 0 Å². The Labute approximate surface area is 143 Å². The molecule has 0 bridgehead atoms. The van der Waals surface area contributed by atoms with Crippen LogP contribution >= 0.6 is 11.8 Å². The molecule has 0 N–H and O–H groups in total. The molecule has 119 valence electrons. The van der Waals surface area contributed by atoms with E-state index in [1.54, 1.807) is 11.8 Å². The van der Waals surface area contributed by atoms with Gasteiger partial charge in [-0.1, -0.05) is 81.4 Å². The first-order chi connectivity index (χ1) is 10.9. The molecule has 0 aliphatic carbocycles. The lowest BCUT2D eigenvalue weighted by molar-refractivity contribution is -0.125. The molecule has 0 aromatic heterocycles. The van der Waals surface area contributed by atoms with Crippen LogP contribution in [0.15, 0.2) is 65.6 Å². The number of ketones is 1. The first-order valence-corrected chi connectivity index (χ1v) is 8.81. The molecular weight excluding hydrogens is 300 g/mol. The van der Waals surface area contributed by atoms with Crippen molar-refractivity contribution in [1.29, 1.82) is 0 Å². The largest absolute Gasteiger partial charge is 0.299 e. The van der Waals surface area contributed by atoms with Gasteiger partial charge in [0.05, 0.1) is 0 Å². The zero-order valence-electron chi connectivity index (χ0n) is 14.0. The molecule has 1 nitrogen and oxygen atoms in total. The summed E-state index contributed by atoms with van der Waals surface area (Å²) in [7, 11) is 0. The Hall–Kier alpha value is -1.80. The van der Waals surface area contributed by atoms with E-state index in [4.69, 9.17) is 0 Å². The van der Waals surface area contributed by atoms with Gasteiger partial charge in [-0.05, 0) is 11.1 Å². The Morgan fingerprint density at radius 1 is 0.957 bits per heavy atom. The van der Waals surface area contributed by atoms with Crippen molar-refractivity contribution in [2.24, 2.45) is 5.41 Å². The lowest BCUT2D eigenvalue weighted by atomic mass is 9.89. The quantitative estimate of drug-likeness (QED) is 0.682. The zero-order chi connectivity index (χ0) is 16.7. The molecular formula is C21H23OS. The summed E-state index contributed by atoms with van der Waals surface area (Å²) >= 11 is 1.70. The van der Waals surface area contributed by atoms with Crippen molar-refractivity contribution in [3.63, 3.8) is 0 Å². The molecule has 0 aliphatic rings. The van der Waals surface area contributed by atoms with E-state index in [0.29, 0.717) is 6.42 Å². The van der Waals surface area contributed by atoms with Crippen LogP contribution in [0.4, 0.5) is 0 Å². The van der Waals surface area contributed by atoms with Crippen LogP contribution in [0.25, 0.3) is 0 Å². The summed E-state index contributed by atoms with van der Waals surface area (Å²) in [6.07, 6.45) is 3.85. The van der Waals surface area contributed by atoms with Crippen LogP contribution in [0.3, 0.4) is 0 Å². The van der Waals surface area contributed by atoms with E-state index in [0.717, 1.165) is 16.2 Å². The van der Waals surface area contributed by atoms with E-state index in [2.05, 4.69) is 18.2 Å². The summed E-state index contributed by atoms with van der Waals surface area (Å²) in [6, 6.07) is 20.3. The molecule has 2 aromatic carbocycles. The smallest absolute Gasteiger partial charge is 0.143 e. The Bertz CT molecular complexity index is 651. The van der Waals surface area contributed by atoms with Crippen molar-refractivity contribution in [2.45, 2.75) is 32.9 Å². The van der Waals surface area contributed by atoms with Crippen LogP contribution in [-0.2, 0) is 10.5 Å². The highest BCUT2D eigenvalue weighted by atomic mass is 32.2.